The van der Waals surface area contributed by atoms with E-state index in [4.69, 9.17) is 10.2 Å². The fourth-order valence-corrected chi connectivity index (χ4v) is 1.40. The molecule has 0 aromatic carbocycles. The third-order valence-electron chi connectivity index (χ3n) is 2.33. The van der Waals surface area contributed by atoms with E-state index in [9.17, 15) is 4.79 Å². The number of carboxylic acid groups (broad SMARTS) is 1. The van der Waals surface area contributed by atoms with Gasteiger partial charge in [-0.15, -0.1) is 0 Å². The molecule has 14 heavy (non-hydrogen) atoms. The minimum absolute atomic E-state index is 0.185. The fourth-order valence-electron chi connectivity index (χ4n) is 1.40. The van der Waals surface area contributed by atoms with Crippen molar-refractivity contribution in [2.45, 2.75) is 39.5 Å². The van der Waals surface area contributed by atoms with Crippen LogP contribution in [0.5, 0.6) is 0 Å². The van der Waals surface area contributed by atoms with Crippen LogP contribution >= 0.6 is 0 Å². The van der Waals surface area contributed by atoms with E-state index in [0.717, 1.165) is 25.7 Å². The molecule has 3 nitrogen and oxygen atoms in total. The van der Waals surface area contributed by atoms with Crippen molar-refractivity contribution >= 4 is 5.97 Å². The summed E-state index contributed by atoms with van der Waals surface area (Å²) in [5.74, 6) is -0.441. The van der Waals surface area contributed by atoms with Crippen molar-refractivity contribution in [2.24, 2.45) is 5.92 Å². The second-order valence-electron chi connectivity index (χ2n) is 3.59. The molecule has 1 atom stereocenters. The molecule has 0 aromatic rings. The highest BCUT2D eigenvalue weighted by Gasteiger charge is 2.06. The van der Waals surface area contributed by atoms with Crippen molar-refractivity contribution in [3.63, 3.8) is 0 Å². The van der Waals surface area contributed by atoms with Gasteiger partial charge in [-0.3, -0.25) is 0 Å². The molecule has 0 saturated heterocycles. The van der Waals surface area contributed by atoms with Gasteiger partial charge in [0.25, 0.3) is 0 Å². The van der Waals surface area contributed by atoms with Crippen LogP contribution in [0.3, 0.4) is 0 Å². The van der Waals surface area contributed by atoms with Gasteiger partial charge >= 0.3 is 5.97 Å². The molecule has 0 saturated carbocycles. The highest BCUT2D eigenvalue weighted by atomic mass is 16.4. The summed E-state index contributed by atoms with van der Waals surface area (Å²) in [6, 6.07) is 0. The second kappa shape index (κ2) is 7.56. The Labute approximate surface area is 85.4 Å². The van der Waals surface area contributed by atoms with Crippen molar-refractivity contribution in [3.8, 4) is 0 Å². The Morgan fingerprint density at radius 3 is 2.50 bits per heavy atom. The van der Waals surface area contributed by atoms with Gasteiger partial charge in [0.05, 0.1) is 0 Å². The minimum atomic E-state index is -0.857. The van der Waals surface area contributed by atoms with Crippen molar-refractivity contribution < 1.29 is 15.0 Å². The summed E-state index contributed by atoms with van der Waals surface area (Å²) in [6.07, 6.45) is 5.39. The van der Waals surface area contributed by atoms with Gasteiger partial charge in [-0.2, -0.15) is 0 Å². The zero-order chi connectivity index (χ0) is 11.0. The average Bonchev–Trinajstić information content (AvgIpc) is 2.14. The van der Waals surface area contributed by atoms with Gasteiger partial charge in [-0.1, -0.05) is 25.8 Å². The first-order valence-electron chi connectivity index (χ1n) is 5.12. The molecule has 82 valence electrons. The largest absolute Gasteiger partial charge is 0.478 e. The van der Waals surface area contributed by atoms with Crippen LogP contribution in [0.25, 0.3) is 0 Å². The Morgan fingerprint density at radius 1 is 1.43 bits per heavy atom. The van der Waals surface area contributed by atoms with Gasteiger partial charge in [0.1, 0.15) is 0 Å². The topological polar surface area (TPSA) is 57.5 Å². The molecule has 0 spiro atoms. The third kappa shape index (κ3) is 5.75. The van der Waals surface area contributed by atoms with E-state index >= 15 is 0 Å². The standard InChI is InChI=1S/C11H20O3/c1-3-4-10(7-8-12)6-5-9(2)11(13)14/h5,10,12H,3-4,6-8H2,1-2H3,(H,13,14). The van der Waals surface area contributed by atoms with E-state index in [-0.39, 0.29) is 6.61 Å². The SMILES string of the molecule is CCCC(CC=C(C)C(=O)O)CCO. The molecule has 0 radical (unpaired) electrons. The summed E-state index contributed by atoms with van der Waals surface area (Å²) in [5.41, 5.74) is 0.393. The van der Waals surface area contributed by atoms with Gasteiger partial charge in [0.15, 0.2) is 0 Å². The molecule has 0 aliphatic carbocycles. The third-order valence-corrected chi connectivity index (χ3v) is 2.33. The molecular weight excluding hydrogens is 180 g/mol. The molecule has 0 bridgehead atoms. The van der Waals surface area contributed by atoms with E-state index in [1.165, 1.54) is 0 Å². The maximum absolute atomic E-state index is 10.5. The average molecular weight is 200 g/mol. The lowest BCUT2D eigenvalue weighted by Crippen LogP contribution is -2.03. The van der Waals surface area contributed by atoms with Gasteiger partial charge in [-0.05, 0) is 25.7 Å². The number of aliphatic hydroxyl groups is 1. The number of carbonyl (C=O) groups is 1. The summed E-state index contributed by atoms with van der Waals surface area (Å²) >= 11 is 0. The van der Waals surface area contributed by atoms with Gasteiger partial charge in [0, 0.05) is 12.2 Å². The lowest BCUT2D eigenvalue weighted by molar-refractivity contribution is -0.132. The van der Waals surface area contributed by atoms with E-state index in [1.807, 2.05) is 0 Å². The summed E-state index contributed by atoms with van der Waals surface area (Å²) in [6.45, 7) is 3.88. The first kappa shape index (κ1) is 13.2. The molecule has 0 aromatic heterocycles. The quantitative estimate of drug-likeness (QED) is 0.619. The number of aliphatic carboxylic acids is 1. The highest BCUT2D eigenvalue weighted by molar-refractivity contribution is 5.85. The van der Waals surface area contributed by atoms with Crippen molar-refractivity contribution in [2.75, 3.05) is 6.61 Å². The molecule has 0 aliphatic heterocycles. The predicted octanol–water partition coefficient (Wildman–Crippen LogP) is 2.21. The molecular formula is C11H20O3. The summed E-state index contributed by atoms with van der Waals surface area (Å²) < 4.78 is 0. The highest BCUT2D eigenvalue weighted by Crippen LogP contribution is 2.16. The van der Waals surface area contributed by atoms with Crippen LogP contribution in [-0.4, -0.2) is 22.8 Å². The molecule has 2 N–H and O–H groups in total. The van der Waals surface area contributed by atoms with Crippen LogP contribution < -0.4 is 0 Å². The molecule has 0 amide bonds. The lowest BCUT2D eigenvalue weighted by Gasteiger charge is -2.11. The van der Waals surface area contributed by atoms with E-state index < -0.39 is 5.97 Å². The number of carboxylic acids is 1. The number of hydrogen-bond acceptors (Lipinski definition) is 2. The Hall–Kier alpha value is -0.830. The zero-order valence-corrected chi connectivity index (χ0v) is 8.99. The number of allylic oxidation sites excluding steroid dienone is 1. The van der Waals surface area contributed by atoms with Crippen LogP contribution in [0.4, 0.5) is 0 Å². The van der Waals surface area contributed by atoms with Gasteiger partial charge in [-0.25, -0.2) is 4.79 Å². The summed E-state index contributed by atoms with van der Waals surface area (Å²) in [7, 11) is 0. The Kier molecular flexibility index (Phi) is 7.11. The second-order valence-corrected chi connectivity index (χ2v) is 3.59. The molecule has 0 rings (SSSR count). The van der Waals surface area contributed by atoms with Gasteiger partial charge in [0.2, 0.25) is 0 Å². The number of hydrogen-bond donors (Lipinski definition) is 2. The van der Waals surface area contributed by atoms with Crippen LogP contribution in [0.15, 0.2) is 11.6 Å². The number of rotatable bonds is 7. The van der Waals surface area contributed by atoms with E-state index in [1.54, 1.807) is 13.0 Å². The van der Waals surface area contributed by atoms with Crippen LogP contribution in [0.2, 0.25) is 0 Å². The fraction of sp³-hybridized carbons (Fsp3) is 0.727. The molecule has 0 fully saturated rings. The lowest BCUT2D eigenvalue weighted by atomic mass is 9.95. The number of aliphatic hydroxyl groups excluding tert-OH is 1. The summed E-state index contributed by atoms with van der Waals surface area (Å²) in [4.78, 5) is 10.5. The predicted molar refractivity (Wildman–Crippen MR) is 56.1 cm³/mol. The van der Waals surface area contributed by atoms with Crippen molar-refractivity contribution in [1.82, 2.24) is 0 Å². The van der Waals surface area contributed by atoms with Gasteiger partial charge < -0.3 is 10.2 Å². The first-order valence-corrected chi connectivity index (χ1v) is 5.12. The van der Waals surface area contributed by atoms with E-state index in [0.29, 0.717) is 11.5 Å². The smallest absolute Gasteiger partial charge is 0.330 e. The molecule has 0 aliphatic rings. The maximum atomic E-state index is 10.5. The Morgan fingerprint density at radius 2 is 2.07 bits per heavy atom. The van der Waals surface area contributed by atoms with Crippen molar-refractivity contribution in [3.05, 3.63) is 11.6 Å². The van der Waals surface area contributed by atoms with Crippen molar-refractivity contribution in [1.29, 1.82) is 0 Å². The van der Waals surface area contributed by atoms with Crippen LogP contribution in [-0.2, 0) is 4.79 Å². The maximum Gasteiger partial charge on any atom is 0.330 e. The zero-order valence-electron chi connectivity index (χ0n) is 8.99. The summed E-state index contributed by atoms with van der Waals surface area (Å²) in [5, 5.41) is 17.4. The molecule has 1 unspecified atom stereocenters. The van der Waals surface area contributed by atoms with E-state index in [2.05, 4.69) is 6.92 Å². The van der Waals surface area contributed by atoms with Crippen LogP contribution in [0.1, 0.15) is 39.5 Å². The Bertz CT molecular complexity index is 191. The Balaban J connectivity index is 4.02. The normalized spacial score (nSPS) is 14.1. The minimum Gasteiger partial charge on any atom is -0.478 e. The molecule has 0 heterocycles. The first-order chi connectivity index (χ1) is 6.61. The molecule has 3 heteroatoms. The van der Waals surface area contributed by atoms with Crippen LogP contribution in [0, 0.1) is 5.92 Å². The monoisotopic (exact) mass is 200 g/mol.